The van der Waals surface area contributed by atoms with E-state index in [0.717, 1.165) is 21.5 Å². The van der Waals surface area contributed by atoms with E-state index in [-0.39, 0.29) is 12.0 Å². The molecule has 1 amide bonds. The molecule has 0 aliphatic rings. The van der Waals surface area contributed by atoms with Crippen molar-refractivity contribution in [3.05, 3.63) is 56.2 Å². The van der Waals surface area contributed by atoms with Gasteiger partial charge in [0.05, 0.1) is 13.0 Å². The van der Waals surface area contributed by atoms with Gasteiger partial charge in [0.2, 0.25) is 5.91 Å². The van der Waals surface area contributed by atoms with E-state index in [9.17, 15) is 13.6 Å². The molecule has 6 heteroatoms. The zero-order chi connectivity index (χ0) is 13.8. The number of carbonyl (C=O) groups excluding carboxylic acids is 1. The summed E-state index contributed by atoms with van der Waals surface area (Å²) in [5.74, 6) is -1.82. The molecule has 19 heavy (non-hydrogen) atoms. The van der Waals surface area contributed by atoms with Gasteiger partial charge in [-0.3, -0.25) is 4.79 Å². The Morgan fingerprint density at radius 2 is 1.95 bits per heavy atom. The second-order valence-corrected chi connectivity index (χ2v) is 5.70. The maximum atomic E-state index is 13.4. The van der Waals surface area contributed by atoms with Crippen molar-refractivity contribution in [2.45, 2.75) is 13.0 Å². The van der Waals surface area contributed by atoms with Crippen molar-refractivity contribution in [1.82, 2.24) is 5.32 Å². The van der Waals surface area contributed by atoms with E-state index in [4.69, 9.17) is 0 Å². The fourth-order valence-electron chi connectivity index (χ4n) is 1.55. The average molecular weight is 346 g/mol. The maximum Gasteiger partial charge on any atom is 0.224 e. The van der Waals surface area contributed by atoms with E-state index in [1.54, 1.807) is 0 Å². The summed E-state index contributed by atoms with van der Waals surface area (Å²) in [6.07, 6.45) is -0.304. The van der Waals surface area contributed by atoms with Crippen molar-refractivity contribution in [1.29, 1.82) is 0 Å². The number of amides is 1. The fraction of sp³-hybridized carbons (Fsp3) is 0.154. The highest BCUT2D eigenvalue weighted by molar-refractivity contribution is 9.10. The van der Waals surface area contributed by atoms with Crippen LogP contribution in [0, 0.1) is 11.6 Å². The maximum absolute atomic E-state index is 13.4. The molecule has 2 nitrogen and oxygen atoms in total. The van der Waals surface area contributed by atoms with E-state index in [1.165, 1.54) is 17.4 Å². The van der Waals surface area contributed by atoms with Crippen LogP contribution in [0.3, 0.4) is 0 Å². The number of hydrogen-bond acceptors (Lipinski definition) is 2. The first-order chi connectivity index (χ1) is 9.08. The first-order valence-electron chi connectivity index (χ1n) is 5.49. The van der Waals surface area contributed by atoms with E-state index >= 15 is 0 Å². The molecule has 0 radical (unpaired) electrons. The summed E-state index contributed by atoms with van der Waals surface area (Å²) in [7, 11) is 0. The van der Waals surface area contributed by atoms with Gasteiger partial charge >= 0.3 is 0 Å². The third-order valence-electron chi connectivity index (χ3n) is 2.54. The van der Waals surface area contributed by atoms with Gasteiger partial charge in [0.25, 0.3) is 0 Å². The second-order valence-electron chi connectivity index (χ2n) is 3.85. The summed E-state index contributed by atoms with van der Waals surface area (Å²) >= 11 is 4.84. The van der Waals surface area contributed by atoms with Crippen molar-refractivity contribution >= 4 is 33.2 Å². The zero-order valence-corrected chi connectivity index (χ0v) is 12.2. The molecule has 1 N–H and O–H groups in total. The highest BCUT2D eigenvalue weighted by atomic mass is 79.9. The third kappa shape index (κ3) is 3.61. The highest BCUT2D eigenvalue weighted by Gasteiger charge is 2.13. The normalized spacial score (nSPS) is 10.5. The van der Waals surface area contributed by atoms with Gasteiger partial charge in [0.15, 0.2) is 0 Å². The molecule has 0 unspecified atom stereocenters. The molecule has 0 aliphatic carbocycles. The van der Waals surface area contributed by atoms with Gasteiger partial charge in [0.1, 0.15) is 11.6 Å². The highest BCUT2D eigenvalue weighted by Crippen LogP contribution is 2.22. The summed E-state index contributed by atoms with van der Waals surface area (Å²) in [5, 5.41) is 4.53. The third-order valence-corrected chi connectivity index (χ3v) is 4.46. The van der Waals surface area contributed by atoms with Crippen LogP contribution in [0.1, 0.15) is 10.4 Å². The van der Waals surface area contributed by atoms with Crippen LogP contribution in [0.25, 0.3) is 0 Å². The molecule has 0 atom stereocenters. The van der Waals surface area contributed by atoms with Crippen molar-refractivity contribution in [2.24, 2.45) is 0 Å². The Labute approximate surface area is 121 Å². The summed E-state index contributed by atoms with van der Waals surface area (Å²) in [6.45, 7) is 0.340. The number of carbonyl (C=O) groups is 1. The number of hydrogen-bond donors (Lipinski definition) is 1. The van der Waals surface area contributed by atoms with Crippen molar-refractivity contribution < 1.29 is 13.6 Å². The van der Waals surface area contributed by atoms with Crippen LogP contribution in [0.15, 0.2) is 34.1 Å². The lowest BCUT2D eigenvalue weighted by Gasteiger charge is -2.06. The molecular formula is C13H10BrF2NOS. The van der Waals surface area contributed by atoms with Crippen LogP contribution in [-0.4, -0.2) is 5.91 Å². The van der Waals surface area contributed by atoms with Crippen molar-refractivity contribution in [3.8, 4) is 0 Å². The van der Waals surface area contributed by atoms with Gasteiger partial charge in [-0.05, 0) is 39.5 Å². The second kappa shape index (κ2) is 6.25. The lowest BCUT2D eigenvalue weighted by molar-refractivity contribution is -0.120. The molecule has 0 bridgehead atoms. The van der Waals surface area contributed by atoms with Crippen LogP contribution in [0.5, 0.6) is 0 Å². The Kier molecular flexibility index (Phi) is 4.66. The lowest BCUT2D eigenvalue weighted by Crippen LogP contribution is -2.25. The van der Waals surface area contributed by atoms with E-state index in [2.05, 4.69) is 21.2 Å². The Bertz CT molecular complexity index is 580. The summed E-state index contributed by atoms with van der Waals surface area (Å²) in [5.41, 5.74) is -0.203. The molecule has 0 aliphatic heterocycles. The molecule has 0 spiro atoms. The van der Waals surface area contributed by atoms with E-state index < -0.39 is 17.5 Å². The quantitative estimate of drug-likeness (QED) is 0.900. The van der Waals surface area contributed by atoms with Crippen LogP contribution in [-0.2, 0) is 17.8 Å². The van der Waals surface area contributed by atoms with Gasteiger partial charge in [-0.1, -0.05) is 6.07 Å². The standard InChI is InChI=1S/C13H10BrF2NOS/c14-9-4-5-19-12(9)7-17-13(18)6-8-10(15)2-1-3-11(8)16/h1-5H,6-7H2,(H,17,18). The molecule has 1 aromatic carbocycles. The number of thiophene rings is 1. The molecule has 0 saturated carbocycles. The number of halogens is 3. The first-order valence-corrected chi connectivity index (χ1v) is 7.16. The minimum atomic E-state index is -0.701. The number of benzene rings is 1. The van der Waals surface area contributed by atoms with Crippen LogP contribution in [0.2, 0.25) is 0 Å². The molecule has 0 saturated heterocycles. The fourth-order valence-corrected chi connectivity index (χ4v) is 2.99. The van der Waals surface area contributed by atoms with Gasteiger partial charge < -0.3 is 5.32 Å². The number of nitrogens with one attached hydrogen (secondary N) is 1. The SMILES string of the molecule is O=C(Cc1c(F)cccc1F)NCc1sccc1Br. The minimum Gasteiger partial charge on any atom is -0.351 e. The smallest absolute Gasteiger partial charge is 0.224 e. The lowest BCUT2D eigenvalue weighted by atomic mass is 10.1. The molecule has 2 rings (SSSR count). The number of rotatable bonds is 4. The van der Waals surface area contributed by atoms with Crippen molar-refractivity contribution in [2.75, 3.05) is 0 Å². The Hall–Kier alpha value is -1.27. The predicted octanol–water partition coefficient (Wildman–Crippen LogP) is 3.65. The van der Waals surface area contributed by atoms with Gasteiger partial charge in [-0.2, -0.15) is 0 Å². The molecule has 100 valence electrons. The zero-order valence-electron chi connectivity index (χ0n) is 9.75. The van der Waals surface area contributed by atoms with Gasteiger partial charge in [-0.25, -0.2) is 8.78 Å². The Balaban J connectivity index is 1.97. The monoisotopic (exact) mass is 345 g/mol. The topological polar surface area (TPSA) is 29.1 Å². The van der Waals surface area contributed by atoms with Crippen LogP contribution >= 0.6 is 27.3 Å². The minimum absolute atomic E-state index is 0.203. The van der Waals surface area contributed by atoms with Crippen LogP contribution < -0.4 is 5.32 Å². The molecule has 0 fully saturated rings. The summed E-state index contributed by atoms with van der Waals surface area (Å²) in [6, 6.07) is 5.43. The van der Waals surface area contributed by atoms with Gasteiger partial charge in [-0.15, -0.1) is 11.3 Å². The summed E-state index contributed by atoms with van der Waals surface area (Å²) < 4.78 is 27.6. The van der Waals surface area contributed by atoms with Gasteiger partial charge in [0, 0.05) is 14.9 Å². The Morgan fingerprint density at radius 3 is 2.53 bits per heavy atom. The summed E-state index contributed by atoms with van der Waals surface area (Å²) in [4.78, 5) is 12.6. The van der Waals surface area contributed by atoms with E-state index in [1.807, 2.05) is 11.4 Å². The largest absolute Gasteiger partial charge is 0.351 e. The Morgan fingerprint density at radius 1 is 1.26 bits per heavy atom. The molecule has 1 aromatic heterocycles. The molecule has 2 aromatic rings. The molecule has 1 heterocycles. The molecular weight excluding hydrogens is 336 g/mol. The van der Waals surface area contributed by atoms with Crippen LogP contribution in [0.4, 0.5) is 8.78 Å². The predicted molar refractivity (Wildman–Crippen MR) is 73.9 cm³/mol. The van der Waals surface area contributed by atoms with Crippen molar-refractivity contribution in [3.63, 3.8) is 0 Å². The average Bonchev–Trinajstić information content (AvgIpc) is 2.77. The first kappa shape index (κ1) is 14.1. The van der Waals surface area contributed by atoms with E-state index in [0.29, 0.717) is 6.54 Å².